The molecule has 1 N–H and O–H groups in total. The number of fused-ring (bicyclic) bond motifs is 1. The van der Waals surface area contributed by atoms with Gasteiger partial charge in [0.1, 0.15) is 18.3 Å². The fourth-order valence-corrected chi connectivity index (χ4v) is 3.57. The van der Waals surface area contributed by atoms with Crippen molar-refractivity contribution >= 4 is 11.8 Å². The molecule has 2 amide bonds. The molecule has 3 heterocycles. The van der Waals surface area contributed by atoms with Crippen molar-refractivity contribution in [3.05, 3.63) is 53.5 Å². The highest BCUT2D eigenvalue weighted by atomic mass is 16.5. The van der Waals surface area contributed by atoms with Crippen LogP contribution in [0.3, 0.4) is 0 Å². The van der Waals surface area contributed by atoms with Crippen LogP contribution in [0.25, 0.3) is 0 Å². The second kappa shape index (κ2) is 11.6. The lowest BCUT2D eigenvalue weighted by atomic mass is 10.00. The molecule has 0 bridgehead atoms. The largest absolute Gasteiger partial charge is 0.472 e. The van der Waals surface area contributed by atoms with Gasteiger partial charge in [-0.05, 0) is 25.1 Å². The number of likely N-dealkylation sites (N-methyl/N-ethyl adjacent to an activating group) is 1. The summed E-state index contributed by atoms with van der Waals surface area (Å²) in [5.74, 6) is 5.65. The highest BCUT2D eigenvalue weighted by Gasteiger charge is 2.34. The normalized spacial score (nSPS) is 18.5. The molecule has 0 saturated heterocycles. The van der Waals surface area contributed by atoms with Crippen LogP contribution in [-0.2, 0) is 9.53 Å². The quantitative estimate of drug-likeness (QED) is 0.638. The average molecular weight is 467 g/mol. The number of rotatable bonds is 6. The molecule has 0 unspecified atom stereocenters. The van der Waals surface area contributed by atoms with Crippen LogP contribution in [0, 0.1) is 17.8 Å². The molecule has 180 valence electrons. The van der Waals surface area contributed by atoms with E-state index in [1.807, 2.05) is 6.92 Å². The van der Waals surface area contributed by atoms with Crippen molar-refractivity contribution in [2.24, 2.45) is 5.92 Å². The van der Waals surface area contributed by atoms with Gasteiger partial charge in [0, 0.05) is 56.3 Å². The summed E-state index contributed by atoms with van der Waals surface area (Å²) in [5.41, 5.74) is 1.61. The number of hydrogen-bond donors (Lipinski definition) is 1. The summed E-state index contributed by atoms with van der Waals surface area (Å²) in [6.45, 7) is 4.17. The minimum absolute atomic E-state index is 0.0297. The van der Waals surface area contributed by atoms with E-state index < -0.39 is 12.1 Å². The Morgan fingerprint density at radius 2 is 2.06 bits per heavy atom. The summed E-state index contributed by atoms with van der Waals surface area (Å²) in [5, 5.41) is 9.77. The van der Waals surface area contributed by atoms with E-state index in [2.05, 4.69) is 21.8 Å². The van der Waals surface area contributed by atoms with E-state index in [-0.39, 0.29) is 42.4 Å². The zero-order valence-electron chi connectivity index (χ0n) is 19.9. The van der Waals surface area contributed by atoms with Crippen LogP contribution in [0.2, 0.25) is 0 Å². The van der Waals surface area contributed by atoms with E-state index in [1.165, 1.54) is 7.11 Å². The van der Waals surface area contributed by atoms with Crippen molar-refractivity contribution in [1.82, 2.24) is 19.8 Å². The Labute approximate surface area is 199 Å². The number of methoxy groups -OCH3 is 1. The van der Waals surface area contributed by atoms with E-state index in [1.54, 1.807) is 60.6 Å². The smallest absolute Gasteiger partial charge is 0.259 e. The lowest BCUT2D eigenvalue weighted by Gasteiger charge is -2.37. The van der Waals surface area contributed by atoms with Crippen LogP contribution in [0.1, 0.15) is 35.3 Å². The number of amides is 2. The topological polar surface area (TPSA) is 105 Å². The molecule has 34 heavy (non-hydrogen) atoms. The molecule has 9 heteroatoms. The number of carbonyl (C=O) groups is 2. The maximum atomic E-state index is 13.4. The van der Waals surface area contributed by atoms with Gasteiger partial charge >= 0.3 is 0 Å². The third-order valence-corrected chi connectivity index (χ3v) is 5.70. The van der Waals surface area contributed by atoms with Crippen LogP contribution in [0.4, 0.5) is 0 Å². The van der Waals surface area contributed by atoms with E-state index >= 15 is 0 Å². The molecule has 0 aromatic carbocycles. The minimum Gasteiger partial charge on any atom is -0.472 e. The van der Waals surface area contributed by atoms with Gasteiger partial charge in [-0.15, -0.1) is 0 Å². The average Bonchev–Trinajstić information content (AvgIpc) is 2.85. The maximum absolute atomic E-state index is 13.4. The van der Waals surface area contributed by atoms with Crippen molar-refractivity contribution in [1.29, 1.82) is 0 Å². The predicted octanol–water partition coefficient (Wildman–Crippen LogP) is 1.20. The molecular weight excluding hydrogens is 436 g/mol. The van der Waals surface area contributed by atoms with Gasteiger partial charge in [0.25, 0.3) is 5.91 Å². The van der Waals surface area contributed by atoms with E-state index in [0.717, 1.165) is 5.56 Å². The van der Waals surface area contributed by atoms with Crippen molar-refractivity contribution < 1.29 is 24.2 Å². The van der Waals surface area contributed by atoms with Gasteiger partial charge in [0.2, 0.25) is 11.8 Å². The Morgan fingerprint density at radius 3 is 2.74 bits per heavy atom. The summed E-state index contributed by atoms with van der Waals surface area (Å²) >= 11 is 0. The van der Waals surface area contributed by atoms with Gasteiger partial charge in [-0.3, -0.25) is 14.6 Å². The summed E-state index contributed by atoms with van der Waals surface area (Å²) in [4.78, 5) is 37.2. The van der Waals surface area contributed by atoms with Crippen molar-refractivity contribution in [3.8, 4) is 17.7 Å². The number of ether oxygens (including phenoxy) is 2. The number of nitrogens with zero attached hydrogens (tertiary/aromatic N) is 4. The van der Waals surface area contributed by atoms with Crippen molar-refractivity contribution in [3.63, 3.8) is 0 Å². The number of carbonyl (C=O) groups excluding carboxylic acids is 2. The lowest BCUT2D eigenvalue weighted by Crippen LogP contribution is -2.50. The monoisotopic (exact) mass is 466 g/mol. The molecule has 0 aliphatic carbocycles. The zero-order chi connectivity index (χ0) is 24.7. The van der Waals surface area contributed by atoms with Crippen molar-refractivity contribution in [2.75, 3.05) is 40.5 Å². The summed E-state index contributed by atoms with van der Waals surface area (Å²) < 4.78 is 11.1. The van der Waals surface area contributed by atoms with Crippen LogP contribution in [-0.4, -0.2) is 89.3 Å². The fraction of sp³-hybridized carbons (Fsp3) is 0.440. The van der Waals surface area contributed by atoms with Crippen LogP contribution in [0.5, 0.6) is 5.88 Å². The fourth-order valence-electron chi connectivity index (χ4n) is 3.57. The Kier molecular flexibility index (Phi) is 8.57. The number of pyridine rings is 2. The maximum Gasteiger partial charge on any atom is 0.259 e. The van der Waals surface area contributed by atoms with Gasteiger partial charge < -0.3 is 24.4 Å². The molecule has 1 aliphatic rings. The van der Waals surface area contributed by atoms with Crippen molar-refractivity contribution in [2.45, 2.75) is 26.0 Å². The Hall–Kier alpha value is -3.48. The second-order valence-corrected chi connectivity index (χ2v) is 8.39. The van der Waals surface area contributed by atoms with Gasteiger partial charge in [-0.25, -0.2) is 4.98 Å². The first-order chi connectivity index (χ1) is 16.3. The lowest BCUT2D eigenvalue weighted by molar-refractivity contribution is -0.135. The third-order valence-electron chi connectivity index (χ3n) is 5.70. The predicted molar refractivity (Wildman–Crippen MR) is 125 cm³/mol. The molecular formula is C25H30N4O5. The van der Waals surface area contributed by atoms with E-state index in [4.69, 9.17) is 9.47 Å². The number of aliphatic hydroxyl groups is 1. The molecule has 0 fully saturated rings. The Morgan fingerprint density at radius 1 is 1.35 bits per heavy atom. The highest BCUT2D eigenvalue weighted by Crippen LogP contribution is 2.27. The van der Waals surface area contributed by atoms with Gasteiger partial charge in [0.15, 0.2) is 0 Å². The van der Waals surface area contributed by atoms with Gasteiger partial charge in [0.05, 0.1) is 19.2 Å². The second-order valence-electron chi connectivity index (χ2n) is 8.39. The third kappa shape index (κ3) is 6.10. The number of aliphatic hydroxyl groups excluding tert-OH is 1. The number of aromatic nitrogens is 2. The van der Waals surface area contributed by atoms with Crippen LogP contribution < -0.4 is 4.74 Å². The van der Waals surface area contributed by atoms with E-state index in [9.17, 15) is 14.7 Å². The summed E-state index contributed by atoms with van der Waals surface area (Å²) in [6, 6.07) is 4.84. The van der Waals surface area contributed by atoms with Gasteiger partial charge in [-0.1, -0.05) is 18.8 Å². The molecule has 1 aliphatic heterocycles. The molecule has 3 rings (SSSR count). The molecule has 0 saturated carbocycles. The van der Waals surface area contributed by atoms with E-state index in [0.29, 0.717) is 18.7 Å². The number of hydrogen-bond acceptors (Lipinski definition) is 7. The Balaban J connectivity index is 1.96. The SMILES string of the molecule is COCC(=O)N(C)C[C@@H]1Oc2ncc(C#Cc3ccncc3)cc2C(=O)N([C@H](C)CO)C[C@@H]1C. The summed E-state index contributed by atoms with van der Waals surface area (Å²) in [6.07, 6.45) is 4.45. The first kappa shape index (κ1) is 25.1. The Bertz CT molecular complexity index is 1070. The highest BCUT2D eigenvalue weighted by molar-refractivity contribution is 5.97. The minimum atomic E-state index is -0.424. The molecule has 2 aromatic heterocycles. The standard InChI is InChI=1S/C25H30N4O5/c1-17-13-29(18(2)15-30)25(32)21-11-20(6-5-19-7-9-26-10-8-19)12-27-24(21)34-22(17)14-28(3)23(31)16-33-4/h7-12,17-18,22,30H,13-16H2,1-4H3/t17-,18+,22-/m0/s1. The molecule has 0 spiro atoms. The van der Waals surface area contributed by atoms with Gasteiger partial charge in [-0.2, -0.15) is 0 Å². The molecule has 9 nitrogen and oxygen atoms in total. The molecule has 2 aromatic rings. The molecule has 3 atom stereocenters. The first-order valence-corrected chi connectivity index (χ1v) is 11.1. The zero-order valence-corrected chi connectivity index (χ0v) is 19.9. The van der Waals surface area contributed by atoms with Crippen LogP contribution in [0.15, 0.2) is 36.8 Å². The van der Waals surface area contributed by atoms with Crippen LogP contribution >= 0.6 is 0 Å². The first-order valence-electron chi connectivity index (χ1n) is 11.1. The summed E-state index contributed by atoms with van der Waals surface area (Å²) in [7, 11) is 3.15. The molecule has 0 radical (unpaired) electrons.